The average Bonchev–Trinajstić information content (AvgIpc) is 2.77. The summed E-state index contributed by atoms with van der Waals surface area (Å²) in [5.41, 5.74) is 4.03. The summed E-state index contributed by atoms with van der Waals surface area (Å²) in [6, 6.07) is 21.2. The van der Waals surface area contributed by atoms with Crippen LogP contribution in [0.3, 0.4) is 0 Å². The van der Waals surface area contributed by atoms with Crippen LogP contribution < -0.4 is 14.5 Å². The Morgan fingerprint density at radius 2 is 1.35 bits per heavy atom. The lowest BCUT2D eigenvalue weighted by atomic mass is 10.1. The molecule has 0 saturated carbocycles. The van der Waals surface area contributed by atoms with Crippen LogP contribution in [0.5, 0.6) is 0 Å². The Morgan fingerprint density at radius 1 is 0.806 bits per heavy atom. The minimum Gasteiger partial charge on any atom is -0.378 e. The van der Waals surface area contributed by atoms with Crippen molar-refractivity contribution in [1.29, 1.82) is 0 Å². The molecule has 0 saturated heterocycles. The van der Waals surface area contributed by atoms with Crippen LogP contribution in [0, 0.1) is 6.92 Å². The van der Waals surface area contributed by atoms with Crippen LogP contribution in [0.25, 0.3) is 0 Å². The summed E-state index contributed by atoms with van der Waals surface area (Å²) in [5.74, 6) is -0.215. The topological polar surface area (TPSA) is 69.7 Å². The van der Waals surface area contributed by atoms with Crippen molar-refractivity contribution in [3.8, 4) is 0 Å². The molecule has 0 fully saturated rings. The van der Waals surface area contributed by atoms with Gasteiger partial charge in [0.05, 0.1) is 10.6 Å². The first kappa shape index (κ1) is 22.4. The summed E-state index contributed by atoms with van der Waals surface area (Å²) in [6.45, 7) is 2.32. The van der Waals surface area contributed by atoms with Crippen LogP contribution in [0.4, 0.5) is 11.4 Å². The van der Waals surface area contributed by atoms with Crippen LogP contribution in [-0.2, 0) is 16.6 Å². The Kier molecular flexibility index (Phi) is 6.65. The van der Waals surface area contributed by atoms with Crippen molar-refractivity contribution < 1.29 is 13.2 Å². The molecule has 1 amide bonds. The first-order valence-corrected chi connectivity index (χ1v) is 11.3. The number of hydrogen-bond donors (Lipinski definition) is 1. The number of benzene rings is 3. The van der Waals surface area contributed by atoms with E-state index < -0.39 is 10.0 Å². The lowest BCUT2D eigenvalue weighted by molar-refractivity contribution is 0.0951. The van der Waals surface area contributed by atoms with Gasteiger partial charge >= 0.3 is 0 Å². The maximum absolute atomic E-state index is 12.8. The highest BCUT2D eigenvalue weighted by Gasteiger charge is 2.21. The van der Waals surface area contributed by atoms with Crippen LogP contribution >= 0.6 is 0 Å². The Morgan fingerprint density at radius 3 is 1.90 bits per heavy atom. The largest absolute Gasteiger partial charge is 0.378 e. The number of amides is 1. The second kappa shape index (κ2) is 9.22. The lowest BCUT2D eigenvalue weighted by Crippen LogP contribution is -2.27. The van der Waals surface area contributed by atoms with Gasteiger partial charge in [-0.2, -0.15) is 0 Å². The molecule has 31 heavy (non-hydrogen) atoms. The molecule has 0 bridgehead atoms. The van der Waals surface area contributed by atoms with Crippen molar-refractivity contribution >= 4 is 27.3 Å². The van der Waals surface area contributed by atoms with E-state index in [0.717, 1.165) is 16.8 Å². The Balaban J connectivity index is 1.66. The monoisotopic (exact) mass is 437 g/mol. The van der Waals surface area contributed by atoms with Crippen molar-refractivity contribution in [1.82, 2.24) is 5.32 Å². The van der Waals surface area contributed by atoms with Crippen molar-refractivity contribution in [2.45, 2.75) is 18.4 Å². The molecule has 0 aromatic heterocycles. The van der Waals surface area contributed by atoms with Gasteiger partial charge in [-0.15, -0.1) is 0 Å². The van der Waals surface area contributed by atoms with Crippen LogP contribution in [0.2, 0.25) is 0 Å². The molecule has 0 aliphatic rings. The minimum atomic E-state index is -3.67. The molecule has 162 valence electrons. The molecule has 6 nitrogen and oxygen atoms in total. The number of anilines is 2. The first-order chi connectivity index (χ1) is 14.7. The summed E-state index contributed by atoms with van der Waals surface area (Å²) >= 11 is 0. The van der Waals surface area contributed by atoms with E-state index in [-0.39, 0.29) is 10.8 Å². The van der Waals surface area contributed by atoms with E-state index in [0.29, 0.717) is 17.8 Å². The van der Waals surface area contributed by atoms with Crippen LogP contribution in [-0.4, -0.2) is 35.5 Å². The zero-order valence-corrected chi connectivity index (χ0v) is 19.0. The number of rotatable bonds is 7. The second-order valence-electron chi connectivity index (χ2n) is 7.58. The van der Waals surface area contributed by atoms with Gasteiger partial charge < -0.3 is 10.2 Å². The summed E-state index contributed by atoms with van der Waals surface area (Å²) in [5, 5.41) is 2.89. The molecule has 3 aromatic carbocycles. The fourth-order valence-corrected chi connectivity index (χ4v) is 4.22. The van der Waals surface area contributed by atoms with Crippen molar-refractivity contribution in [3.05, 3.63) is 89.5 Å². The molecule has 0 radical (unpaired) electrons. The van der Waals surface area contributed by atoms with Gasteiger partial charge in [0.2, 0.25) is 0 Å². The van der Waals surface area contributed by atoms with Crippen molar-refractivity contribution in [3.63, 3.8) is 0 Å². The number of aryl methyl sites for hydroxylation is 1. The molecule has 3 aromatic rings. The molecule has 0 heterocycles. The molecule has 0 unspecified atom stereocenters. The lowest BCUT2D eigenvalue weighted by Gasteiger charge is -2.20. The maximum atomic E-state index is 12.8. The van der Waals surface area contributed by atoms with Gasteiger partial charge in [-0.05, 0) is 61.0 Å². The Hall–Kier alpha value is -3.32. The molecule has 0 spiro atoms. The fraction of sp³-hybridized carbons (Fsp3) is 0.208. The van der Waals surface area contributed by atoms with Gasteiger partial charge in [0.1, 0.15) is 0 Å². The average molecular weight is 438 g/mol. The summed E-state index contributed by atoms with van der Waals surface area (Å²) in [7, 11) is 1.79. The Bertz CT molecular complexity index is 1140. The van der Waals surface area contributed by atoms with E-state index in [4.69, 9.17) is 0 Å². The Labute approximate surface area is 184 Å². The quantitative estimate of drug-likeness (QED) is 0.610. The SMILES string of the molecule is Cc1ccc(S(=O)(=O)N(C)c2ccc(C(=O)NCc3ccc(N(C)C)cc3)cc2)cc1. The number of carbonyl (C=O) groups is 1. The normalized spacial score (nSPS) is 11.1. The molecule has 0 aliphatic heterocycles. The highest BCUT2D eigenvalue weighted by molar-refractivity contribution is 7.92. The third kappa shape index (κ3) is 5.24. The number of carbonyl (C=O) groups excluding carboxylic acids is 1. The molecular weight excluding hydrogens is 410 g/mol. The van der Waals surface area contributed by atoms with Crippen molar-refractivity contribution in [2.24, 2.45) is 0 Å². The third-order valence-corrected chi connectivity index (χ3v) is 6.88. The van der Waals surface area contributed by atoms with Gasteiger partial charge in [0.15, 0.2) is 0 Å². The van der Waals surface area contributed by atoms with Gasteiger partial charge in [-0.25, -0.2) is 8.42 Å². The molecule has 3 rings (SSSR count). The standard InChI is InChI=1S/C24H27N3O3S/c1-18-5-15-23(16-6-18)31(29,30)27(4)22-13-9-20(10-14-22)24(28)25-17-19-7-11-21(12-8-19)26(2)3/h5-16H,17H2,1-4H3,(H,25,28). The van der Waals surface area contributed by atoms with Crippen LogP contribution in [0.1, 0.15) is 21.5 Å². The molecule has 1 N–H and O–H groups in total. The van der Waals surface area contributed by atoms with E-state index >= 15 is 0 Å². The fourth-order valence-electron chi connectivity index (χ4n) is 3.03. The number of sulfonamides is 1. The van der Waals surface area contributed by atoms with Crippen molar-refractivity contribution in [2.75, 3.05) is 30.3 Å². The van der Waals surface area contributed by atoms with E-state index in [2.05, 4.69) is 5.32 Å². The van der Waals surface area contributed by atoms with E-state index in [1.54, 1.807) is 48.5 Å². The van der Waals surface area contributed by atoms with Gasteiger partial charge in [0.25, 0.3) is 15.9 Å². The van der Waals surface area contributed by atoms with Gasteiger partial charge in [-0.1, -0.05) is 29.8 Å². The van der Waals surface area contributed by atoms with E-state index in [1.807, 2.05) is 50.2 Å². The second-order valence-corrected chi connectivity index (χ2v) is 9.55. The molecular formula is C24H27N3O3S. The first-order valence-electron chi connectivity index (χ1n) is 9.88. The van der Waals surface area contributed by atoms with Gasteiger partial charge in [-0.3, -0.25) is 9.10 Å². The van der Waals surface area contributed by atoms with Gasteiger partial charge in [0, 0.05) is 38.9 Å². The maximum Gasteiger partial charge on any atom is 0.264 e. The molecule has 7 heteroatoms. The predicted molar refractivity (Wildman–Crippen MR) is 125 cm³/mol. The number of nitrogens with one attached hydrogen (secondary N) is 1. The molecule has 0 atom stereocenters. The highest BCUT2D eigenvalue weighted by atomic mass is 32.2. The number of nitrogens with zero attached hydrogens (tertiary/aromatic N) is 2. The molecule has 0 aliphatic carbocycles. The summed E-state index contributed by atoms with van der Waals surface area (Å²) < 4.78 is 26.9. The highest BCUT2D eigenvalue weighted by Crippen LogP contribution is 2.23. The van der Waals surface area contributed by atoms with Crippen LogP contribution in [0.15, 0.2) is 77.7 Å². The zero-order chi connectivity index (χ0) is 22.6. The predicted octanol–water partition coefficient (Wildman–Crippen LogP) is 3.82. The smallest absolute Gasteiger partial charge is 0.264 e. The zero-order valence-electron chi connectivity index (χ0n) is 18.2. The number of hydrogen-bond acceptors (Lipinski definition) is 4. The third-order valence-electron chi connectivity index (χ3n) is 5.08. The van der Waals surface area contributed by atoms with E-state index in [9.17, 15) is 13.2 Å². The summed E-state index contributed by atoms with van der Waals surface area (Å²) in [6.07, 6.45) is 0. The summed E-state index contributed by atoms with van der Waals surface area (Å²) in [4.78, 5) is 14.7. The van der Waals surface area contributed by atoms with E-state index in [1.165, 1.54) is 11.4 Å². The minimum absolute atomic E-state index is 0.215.